The van der Waals surface area contributed by atoms with Crippen LogP contribution in [0.25, 0.3) is 0 Å². The molecule has 0 fully saturated rings. The van der Waals surface area contributed by atoms with Gasteiger partial charge in [-0.05, 0) is 18.6 Å². The van der Waals surface area contributed by atoms with Crippen LogP contribution in [0, 0.1) is 12.3 Å². The van der Waals surface area contributed by atoms with Crippen molar-refractivity contribution in [3.63, 3.8) is 0 Å². The van der Waals surface area contributed by atoms with Crippen molar-refractivity contribution in [3.05, 3.63) is 23.8 Å². The zero-order valence-electron chi connectivity index (χ0n) is 10.9. The number of hydrogen-bond acceptors (Lipinski definition) is 3. The van der Waals surface area contributed by atoms with Gasteiger partial charge >= 0.3 is 0 Å². The molecule has 1 heterocycles. The molecule has 1 aromatic carbocycles. The van der Waals surface area contributed by atoms with E-state index < -0.39 is 0 Å². The summed E-state index contributed by atoms with van der Waals surface area (Å²) in [6.07, 6.45) is 6.60. The molecular weight excluding hydrogens is 242 g/mol. The van der Waals surface area contributed by atoms with Gasteiger partial charge in [0, 0.05) is 12.5 Å². The minimum absolute atomic E-state index is 0.0159. The zero-order chi connectivity index (χ0) is 13.7. The predicted octanol–water partition coefficient (Wildman–Crippen LogP) is 1.99. The third-order valence-corrected chi connectivity index (χ3v) is 3.00. The molecule has 0 radical (unpaired) electrons. The molecule has 2 rings (SSSR count). The maximum atomic E-state index is 12.2. The molecule has 1 aromatic rings. The van der Waals surface area contributed by atoms with E-state index >= 15 is 0 Å². The van der Waals surface area contributed by atoms with Crippen LogP contribution in [0.1, 0.15) is 30.1 Å². The van der Waals surface area contributed by atoms with Crippen LogP contribution in [0.3, 0.4) is 0 Å². The lowest BCUT2D eigenvalue weighted by atomic mass is 10.1. The van der Waals surface area contributed by atoms with E-state index in [1.807, 2.05) is 6.92 Å². The van der Waals surface area contributed by atoms with Crippen LogP contribution in [0.2, 0.25) is 0 Å². The lowest BCUT2D eigenvalue weighted by Crippen LogP contribution is -2.34. The number of ether oxygens (including phenoxy) is 2. The third kappa shape index (κ3) is 3.00. The van der Waals surface area contributed by atoms with Gasteiger partial charge in [-0.2, -0.15) is 0 Å². The summed E-state index contributed by atoms with van der Waals surface area (Å²) >= 11 is 0. The average Bonchev–Trinajstić information content (AvgIpc) is 2.46. The average molecular weight is 259 g/mol. The molecule has 19 heavy (non-hydrogen) atoms. The molecule has 0 aliphatic carbocycles. The summed E-state index contributed by atoms with van der Waals surface area (Å²) in [7, 11) is 0. The molecule has 100 valence electrons. The van der Waals surface area contributed by atoms with E-state index in [1.54, 1.807) is 18.2 Å². The zero-order valence-corrected chi connectivity index (χ0v) is 10.9. The molecule has 0 saturated carbocycles. The highest BCUT2D eigenvalue weighted by atomic mass is 16.6. The number of hydrogen-bond donors (Lipinski definition) is 1. The van der Waals surface area contributed by atoms with E-state index in [0.717, 1.165) is 6.42 Å². The van der Waals surface area contributed by atoms with Gasteiger partial charge in [0.25, 0.3) is 5.91 Å². The Morgan fingerprint density at radius 3 is 3.00 bits per heavy atom. The summed E-state index contributed by atoms with van der Waals surface area (Å²) in [5.74, 6) is 3.52. The van der Waals surface area contributed by atoms with Crippen LogP contribution in [-0.2, 0) is 0 Å². The monoisotopic (exact) mass is 259 g/mol. The van der Waals surface area contributed by atoms with Crippen LogP contribution < -0.4 is 14.8 Å². The second-order valence-corrected chi connectivity index (χ2v) is 4.32. The van der Waals surface area contributed by atoms with Crippen molar-refractivity contribution in [3.8, 4) is 23.8 Å². The quantitative estimate of drug-likeness (QED) is 0.841. The Morgan fingerprint density at radius 2 is 2.26 bits per heavy atom. The van der Waals surface area contributed by atoms with Crippen LogP contribution in [0.4, 0.5) is 0 Å². The standard InChI is InChI=1S/C15H17NO3/c1-3-6-11(4-2)16-15(17)12-7-5-8-13-14(12)19-10-9-18-13/h1,5,7-8,11H,4,6,9-10H2,2H3,(H,16,17). The Hall–Kier alpha value is -2.15. The van der Waals surface area contributed by atoms with E-state index in [1.165, 1.54) is 0 Å². The number of amides is 1. The molecule has 4 heteroatoms. The Morgan fingerprint density at radius 1 is 1.47 bits per heavy atom. The molecule has 1 atom stereocenters. The molecular formula is C15H17NO3. The van der Waals surface area contributed by atoms with E-state index in [2.05, 4.69) is 11.2 Å². The van der Waals surface area contributed by atoms with Crippen molar-refractivity contribution in [2.45, 2.75) is 25.8 Å². The maximum Gasteiger partial charge on any atom is 0.255 e. The number of nitrogens with one attached hydrogen (secondary N) is 1. The summed E-state index contributed by atoms with van der Waals surface area (Å²) in [6, 6.07) is 5.29. The maximum absolute atomic E-state index is 12.2. The van der Waals surface area contributed by atoms with Gasteiger partial charge < -0.3 is 14.8 Å². The highest BCUT2D eigenvalue weighted by Gasteiger charge is 2.21. The fraction of sp³-hybridized carbons (Fsp3) is 0.400. The van der Waals surface area contributed by atoms with Gasteiger partial charge in [0.15, 0.2) is 11.5 Å². The summed E-state index contributed by atoms with van der Waals surface area (Å²) < 4.78 is 11.0. The molecule has 0 spiro atoms. The molecule has 1 unspecified atom stereocenters. The minimum Gasteiger partial charge on any atom is -0.486 e. The highest BCUT2D eigenvalue weighted by molar-refractivity contribution is 5.98. The normalized spacial score (nSPS) is 14.3. The van der Waals surface area contributed by atoms with Crippen LogP contribution in [0.15, 0.2) is 18.2 Å². The van der Waals surface area contributed by atoms with Crippen molar-refractivity contribution < 1.29 is 14.3 Å². The molecule has 0 aromatic heterocycles. The Labute approximate surface area is 113 Å². The summed E-state index contributed by atoms with van der Waals surface area (Å²) in [6.45, 7) is 2.95. The lowest BCUT2D eigenvalue weighted by Gasteiger charge is -2.21. The van der Waals surface area contributed by atoms with Crippen LogP contribution in [0.5, 0.6) is 11.5 Å². The van der Waals surface area contributed by atoms with Crippen molar-refractivity contribution in [1.29, 1.82) is 0 Å². The van der Waals surface area contributed by atoms with Gasteiger partial charge in [-0.3, -0.25) is 4.79 Å². The van der Waals surface area contributed by atoms with Crippen molar-refractivity contribution >= 4 is 5.91 Å². The largest absolute Gasteiger partial charge is 0.486 e. The van der Waals surface area contributed by atoms with Gasteiger partial charge in [0.05, 0.1) is 5.56 Å². The van der Waals surface area contributed by atoms with Gasteiger partial charge in [0.2, 0.25) is 0 Å². The third-order valence-electron chi connectivity index (χ3n) is 3.00. The molecule has 1 N–H and O–H groups in total. The number of para-hydroxylation sites is 1. The molecule has 0 bridgehead atoms. The fourth-order valence-corrected chi connectivity index (χ4v) is 1.96. The minimum atomic E-state index is -0.176. The second kappa shape index (κ2) is 6.14. The number of terminal acetylenes is 1. The van der Waals surface area contributed by atoms with Crippen LogP contribution >= 0.6 is 0 Å². The Kier molecular flexibility index (Phi) is 4.30. The molecule has 0 saturated heterocycles. The number of rotatable bonds is 4. The number of fused-ring (bicyclic) bond motifs is 1. The topological polar surface area (TPSA) is 47.6 Å². The molecule has 4 nitrogen and oxygen atoms in total. The van der Waals surface area contributed by atoms with Crippen molar-refractivity contribution in [2.24, 2.45) is 0 Å². The predicted molar refractivity (Wildman–Crippen MR) is 72.4 cm³/mol. The summed E-state index contributed by atoms with van der Waals surface area (Å²) in [5.41, 5.74) is 0.493. The Bertz CT molecular complexity index is 505. The first kappa shape index (κ1) is 13.3. The summed E-state index contributed by atoms with van der Waals surface area (Å²) in [4.78, 5) is 12.2. The SMILES string of the molecule is C#CCC(CC)NC(=O)c1cccc2c1OCCO2. The van der Waals surface area contributed by atoms with Gasteiger partial charge in [-0.25, -0.2) is 0 Å². The molecule has 1 aliphatic rings. The second-order valence-electron chi connectivity index (χ2n) is 4.32. The van der Waals surface area contributed by atoms with Gasteiger partial charge in [-0.15, -0.1) is 12.3 Å². The highest BCUT2D eigenvalue weighted by Crippen LogP contribution is 2.33. The van der Waals surface area contributed by atoms with E-state index in [-0.39, 0.29) is 11.9 Å². The molecule has 1 amide bonds. The first-order valence-electron chi connectivity index (χ1n) is 6.39. The van der Waals surface area contributed by atoms with Crippen LogP contribution in [-0.4, -0.2) is 25.2 Å². The number of carbonyl (C=O) groups is 1. The fourth-order valence-electron chi connectivity index (χ4n) is 1.96. The van der Waals surface area contributed by atoms with Gasteiger partial charge in [0.1, 0.15) is 13.2 Å². The number of carbonyl (C=O) groups excluding carboxylic acids is 1. The summed E-state index contributed by atoms with van der Waals surface area (Å²) in [5, 5.41) is 2.92. The lowest BCUT2D eigenvalue weighted by molar-refractivity contribution is 0.0925. The Balaban J connectivity index is 2.17. The van der Waals surface area contributed by atoms with E-state index in [9.17, 15) is 4.79 Å². The first-order valence-corrected chi connectivity index (χ1v) is 6.39. The number of benzene rings is 1. The van der Waals surface area contributed by atoms with Crippen molar-refractivity contribution in [2.75, 3.05) is 13.2 Å². The van der Waals surface area contributed by atoms with Crippen molar-refractivity contribution in [1.82, 2.24) is 5.32 Å². The van der Waals surface area contributed by atoms with Gasteiger partial charge in [-0.1, -0.05) is 13.0 Å². The van der Waals surface area contributed by atoms with E-state index in [0.29, 0.717) is 36.7 Å². The molecule has 1 aliphatic heterocycles. The first-order chi connectivity index (χ1) is 9.26. The van der Waals surface area contributed by atoms with E-state index in [4.69, 9.17) is 15.9 Å². The smallest absolute Gasteiger partial charge is 0.255 e.